The molecule has 2 heterocycles. The highest BCUT2D eigenvalue weighted by Gasteiger charge is 2.32. The largest absolute Gasteiger partial charge is 0.353 e. The summed E-state index contributed by atoms with van der Waals surface area (Å²) in [4.78, 5) is 29.7. The maximum absolute atomic E-state index is 12.2. The predicted octanol–water partition coefficient (Wildman–Crippen LogP) is 3.35. The molecule has 7 nitrogen and oxygen atoms in total. The van der Waals surface area contributed by atoms with Gasteiger partial charge in [0.15, 0.2) is 5.82 Å². The first-order chi connectivity index (χ1) is 14.6. The fourth-order valence-electron chi connectivity index (χ4n) is 3.66. The zero-order valence-electron chi connectivity index (χ0n) is 16.9. The summed E-state index contributed by atoms with van der Waals surface area (Å²) >= 11 is 1.58. The highest BCUT2D eigenvalue weighted by atomic mass is 32.1. The van der Waals surface area contributed by atoms with Gasteiger partial charge in [0, 0.05) is 35.0 Å². The molecular formula is C22H25N5O2S. The highest BCUT2D eigenvalue weighted by Crippen LogP contribution is 2.36. The summed E-state index contributed by atoms with van der Waals surface area (Å²) in [6.45, 7) is 1.96. The quantitative estimate of drug-likeness (QED) is 0.517. The summed E-state index contributed by atoms with van der Waals surface area (Å²) in [5.74, 6) is 0.872. The van der Waals surface area contributed by atoms with Gasteiger partial charge in [-0.3, -0.25) is 14.7 Å². The number of H-pyrrole nitrogens is 1. The Labute approximate surface area is 179 Å². The molecule has 0 bridgehead atoms. The molecule has 1 fully saturated rings. The molecule has 1 aliphatic rings. The first-order valence-corrected chi connectivity index (χ1v) is 11.0. The number of aryl methyl sites for hydroxylation is 2. The second-order valence-electron chi connectivity index (χ2n) is 7.71. The van der Waals surface area contributed by atoms with Crippen LogP contribution < -0.4 is 10.6 Å². The average molecular weight is 424 g/mol. The molecule has 0 unspecified atom stereocenters. The minimum absolute atomic E-state index is 0.0541. The number of aromatic amines is 1. The fourth-order valence-corrected chi connectivity index (χ4v) is 4.44. The van der Waals surface area contributed by atoms with Crippen LogP contribution in [0.3, 0.4) is 0 Å². The Hall–Kier alpha value is -3.00. The SMILES string of the molecule is Cc1ncsc1CCC(=O)Nc1cc(C2CC(NC(=O)Cc3ccccc3)C2)[nH]n1. The number of benzene rings is 1. The van der Waals surface area contributed by atoms with E-state index in [1.54, 1.807) is 16.8 Å². The second kappa shape index (κ2) is 9.21. The van der Waals surface area contributed by atoms with Crippen molar-refractivity contribution in [2.24, 2.45) is 0 Å². The van der Waals surface area contributed by atoms with E-state index in [0.717, 1.165) is 34.7 Å². The predicted molar refractivity (Wildman–Crippen MR) is 116 cm³/mol. The molecule has 156 valence electrons. The molecule has 0 radical (unpaired) electrons. The minimum atomic E-state index is -0.0551. The smallest absolute Gasteiger partial charge is 0.225 e. The molecule has 1 aliphatic carbocycles. The van der Waals surface area contributed by atoms with Gasteiger partial charge in [0.25, 0.3) is 0 Å². The average Bonchev–Trinajstić information content (AvgIpc) is 3.32. The van der Waals surface area contributed by atoms with Gasteiger partial charge in [-0.2, -0.15) is 5.10 Å². The van der Waals surface area contributed by atoms with Gasteiger partial charge < -0.3 is 10.6 Å². The number of anilines is 1. The van der Waals surface area contributed by atoms with Crippen LogP contribution in [0, 0.1) is 6.92 Å². The third-order valence-corrected chi connectivity index (χ3v) is 6.43. The molecule has 2 amide bonds. The molecule has 0 aliphatic heterocycles. The van der Waals surface area contributed by atoms with Gasteiger partial charge in [-0.15, -0.1) is 11.3 Å². The van der Waals surface area contributed by atoms with Crippen LogP contribution in [0.25, 0.3) is 0 Å². The van der Waals surface area contributed by atoms with E-state index in [0.29, 0.717) is 31.0 Å². The Balaban J connectivity index is 1.19. The van der Waals surface area contributed by atoms with Crippen molar-refractivity contribution in [3.63, 3.8) is 0 Å². The topological polar surface area (TPSA) is 99.8 Å². The van der Waals surface area contributed by atoms with Crippen molar-refractivity contribution in [1.82, 2.24) is 20.5 Å². The molecule has 1 saturated carbocycles. The monoisotopic (exact) mass is 423 g/mol. The van der Waals surface area contributed by atoms with Crippen molar-refractivity contribution < 1.29 is 9.59 Å². The van der Waals surface area contributed by atoms with E-state index in [4.69, 9.17) is 0 Å². The van der Waals surface area contributed by atoms with Gasteiger partial charge in [0.05, 0.1) is 17.6 Å². The molecule has 3 N–H and O–H groups in total. The van der Waals surface area contributed by atoms with Gasteiger partial charge in [-0.05, 0) is 31.7 Å². The van der Waals surface area contributed by atoms with Gasteiger partial charge in [0.2, 0.25) is 11.8 Å². The molecule has 0 spiro atoms. The number of aromatic nitrogens is 3. The first kappa shape index (κ1) is 20.3. The van der Waals surface area contributed by atoms with Crippen LogP contribution in [-0.4, -0.2) is 33.0 Å². The van der Waals surface area contributed by atoms with Crippen molar-refractivity contribution >= 4 is 29.0 Å². The van der Waals surface area contributed by atoms with E-state index in [2.05, 4.69) is 25.8 Å². The summed E-state index contributed by atoms with van der Waals surface area (Å²) in [5.41, 5.74) is 4.81. The Morgan fingerprint density at radius 1 is 1.20 bits per heavy atom. The van der Waals surface area contributed by atoms with Gasteiger partial charge in [-0.1, -0.05) is 30.3 Å². The summed E-state index contributed by atoms with van der Waals surface area (Å²) in [6.07, 6.45) is 3.25. The maximum Gasteiger partial charge on any atom is 0.225 e. The normalized spacial score (nSPS) is 17.9. The highest BCUT2D eigenvalue weighted by molar-refractivity contribution is 7.09. The lowest BCUT2D eigenvalue weighted by molar-refractivity contribution is -0.121. The van der Waals surface area contributed by atoms with E-state index >= 15 is 0 Å². The van der Waals surface area contributed by atoms with Crippen LogP contribution in [0.4, 0.5) is 5.82 Å². The van der Waals surface area contributed by atoms with E-state index < -0.39 is 0 Å². The minimum Gasteiger partial charge on any atom is -0.353 e. The lowest BCUT2D eigenvalue weighted by Crippen LogP contribution is -2.44. The maximum atomic E-state index is 12.2. The van der Waals surface area contributed by atoms with Crippen LogP contribution in [0.5, 0.6) is 0 Å². The summed E-state index contributed by atoms with van der Waals surface area (Å²) in [7, 11) is 0. The van der Waals surface area contributed by atoms with Crippen LogP contribution in [-0.2, 0) is 22.4 Å². The van der Waals surface area contributed by atoms with Crippen LogP contribution >= 0.6 is 11.3 Å². The number of carbonyl (C=O) groups is 2. The van der Waals surface area contributed by atoms with Crippen molar-refractivity contribution in [3.8, 4) is 0 Å². The second-order valence-corrected chi connectivity index (χ2v) is 8.65. The number of carbonyl (C=O) groups excluding carboxylic acids is 2. The van der Waals surface area contributed by atoms with E-state index in [1.165, 1.54) is 0 Å². The number of rotatable bonds is 8. The Morgan fingerprint density at radius 2 is 2.00 bits per heavy atom. The standard InChI is InChI=1S/C22H25N5O2S/c1-14-19(30-13-23-14)7-8-21(28)25-20-12-18(26-27-20)16-10-17(11-16)24-22(29)9-15-5-3-2-4-6-15/h2-6,12-13,16-17H,7-11H2,1H3,(H,24,29)(H2,25,26,27,28). The molecular weight excluding hydrogens is 398 g/mol. The molecule has 1 aromatic carbocycles. The molecule has 30 heavy (non-hydrogen) atoms. The van der Waals surface area contributed by atoms with Gasteiger partial charge in [0.1, 0.15) is 0 Å². The Kier molecular flexibility index (Phi) is 6.23. The summed E-state index contributed by atoms with van der Waals surface area (Å²) in [5, 5.41) is 13.2. The molecule has 4 rings (SSSR count). The van der Waals surface area contributed by atoms with Crippen molar-refractivity contribution in [3.05, 3.63) is 63.7 Å². The van der Waals surface area contributed by atoms with Crippen molar-refractivity contribution in [2.75, 3.05) is 5.32 Å². The summed E-state index contributed by atoms with van der Waals surface area (Å²) < 4.78 is 0. The molecule has 0 atom stereocenters. The zero-order chi connectivity index (χ0) is 20.9. The van der Waals surface area contributed by atoms with Gasteiger partial charge >= 0.3 is 0 Å². The number of amides is 2. The first-order valence-electron chi connectivity index (χ1n) is 10.1. The number of hydrogen-bond acceptors (Lipinski definition) is 5. The number of thiazole rings is 1. The van der Waals surface area contributed by atoms with Crippen molar-refractivity contribution in [2.45, 2.75) is 51.0 Å². The Bertz CT molecular complexity index is 1010. The zero-order valence-corrected chi connectivity index (χ0v) is 17.7. The summed E-state index contributed by atoms with van der Waals surface area (Å²) in [6, 6.07) is 11.8. The van der Waals surface area contributed by atoms with Crippen LogP contribution in [0.2, 0.25) is 0 Å². The molecule has 8 heteroatoms. The number of nitrogens with one attached hydrogen (secondary N) is 3. The van der Waals surface area contributed by atoms with E-state index in [1.807, 2.05) is 43.3 Å². The number of nitrogens with zero attached hydrogens (tertiary/aromatic N) is 2. The van der Waals surface area contributed by atoms with E-state index in [9.17, 15) is 9.59 Å². The molecule has 0 saturated heterocycles. The molecule has 3 aromatic rings. The van der Waals surface area contributed by atoms with Gasteiger partial charge in [-0.25, -0.2) is 4.98 Å². The fraction of sp³-hybridized carbons (Fsp3) is 0.364. The Morgan fingerprint density at radius 3 is 2.73 bits per heavy atom. The number of hydrogen-bond donors (Lipinski definition) is 3. The molecule has 2 aromatic heterocycles. The van der Waals surface area contributed by atoms with Crippen LogP contribution in [0.15, 0.2) is 41.9 Å². The third-order valence-electron chi connectivity index (χ3n) is 5.44. The lowest BCUT2D eigenvalue weighted by atomic mass is 9.78. The van der Waals surface area contributed by atoms with Crippen LogP contribution in [0.1, 0.15) is 47.0 Å². The lowest BCUT2D eigenvalue weighted by Gasteiger charge is -2.35. The van der Waals surface area contributed by atoms with Crippen molar-refractivity contribution in [1.29, 1.82) is 0 Å². The van der Waals surface area contributed by atoms with E-state index in [-0.39, 0.29) is 17.9 Å². The third kappa shape index (κ3) is 5.13.